The first kappa shape index (κ1) is 14.6. The molecule has 9 heteroatoms. The minimum Gasteiger partial charge on any atom is -0.474 e. The molecule has 8 nitrogen and oxygen atoms in total. The van der Waals surface area contributed by atoms with Gasteiger partial charge in [-0.15, -0.1) is 0 Å². The van der Waals surface area contributed by atoms with E-state index in [0.29, 0.717) is 0 Å². The van der Waals surface area contributed by atoms with Gasteiger partial charge in [0.05, 0.1) is 11.4 Å². The molecule has 0 aliphatic rings. The number of benzene rings is 1. The second-order valence-electron chi connectivity index (χ2n) is 3.33. The second kappa shape index (κ2) is 5.96. The Morgan fingerprint density at radius 1 is 1.11 bits per heavy atom. The molecule has 0 radical (unpaired) electrons. The minimum absolute atomic E-state index is 0.118. The van der Waals surface area contributed by atoms with Crippen LogP contribution in [0.15, 0.2) is 35.2 Å². The molecule has 0 atom stereocenters. The number of carbonyl (C=O) groups excluding carboxylic acids is 2. The van der Waals surface area contributed by atoms with Crippen molar-refractivity contribution < 1.29 is 27.9 Å². The van der Waals surface area contributed by atoms with Gasteiger partial charge in [-0.25, -0.2) is 17.9 Å². The van der Waals surface area contributed by atoms with Crippen LogP contribution in [0.3, 0.4) is 0 Å². The molecule has 0 aliphatic heterocycles. The molecule has 0 heterocycles. The Hall–Kier alpha value is -2.42. The van der Waals surface area contributed by atoms with Crippen molar-refractivity contribution in [2.24, 2.45) is 0 Å². The van der Waals surface area contributed by atoms with Crippen LogP contribution in [0.5, 0.6) is 0 Å². The molecule has 3 N–H and O–H groups in total. The number of carbonyl (C=O) groups is 3. The average molecular weight is 286 g/mol. The van der Waals surface area contributed by atoms with Crippen LogP contribution in [0.4, 0.5) is 0 Å². The van der Waals surface area contributed by atoms with Gasteiger partial charge in [0.15, 0.2) is 0 Å². The van der Waals surface area contributed by atoms with Crippen LogP contribution in [-0.2, 0) is 24.4 Å². The summed E-state index contributed by atoms with van der Waals surface area (Å²) in [5, 5.41) is 9.98. The molecule has 0 fully saturated rings. The Balaban J connectivity index is 2.62. The quantitative estimate of drug-likeness (QED) is 0.589. The van der Waals surface area contributed by atoms with Crippen molar-refractivity contribution in [2.45, 2.75) is 4.90 Å². The van der Waals surface area contributed by atoms with Crippen molar-refractivity contribution in [2.75, 3.05) is 6.54 Å². The van der Waals surface area contributed by atoms with Crippen LogP contribution in [-0.4, -0.2) is 37.9 Å². The van der Waals surface area contributed by atoms with E-state index in [0.717, 1.165) is 0 Å². The van der Waals surface area contributed by atoms with E-state index in [4.69, 9.17) is 5.11 Å². The zero-order chi connectivity index (χ0) is 14.5. The first-order chi connectivity index (χ1) is 8.83. The first-order valence-electron chi connectivity index (χ1n) is 4.95. The summed E-state index contributed by atoms with van der Waals surface area (Å²) in [5.41, 5.74) is 0. The molecule has 2 amide bonds. The number of nitrogens with one attached hydrogen (secondary N) is 2. The molecule has 0 bridgehead atoms. The van der Waals surface area contributed by atoms with E-state index in [2.05, 4.69) is 0 Å². The van der Waals surface area contributed by atoms with Gasteiger partial charge in [-0.2, -0.15) is 0 Å². The summed E-state index contributed by atoms with van der Waals surface area (Å²) >= 11 is 0. The van der Waals surface area contributed by atoms with Gasteiger partial charge < -0.3 is 10.4 Å². The van der Waals surface area contributed by atoms with Gasteiger partial charge in [0.25, 0.3) is 15.9 Å². The third-order valence-electron chi connectivity index (χ3n) is 1.91. The zero-order valence-corrected chi connectivity index (χ0v) is 10.3. The van der Waals surface area contributed by atoms with Gasteiger partial charge in [0.2, 0.25) is 0 Å². The highest BCUT2D eigenvalue weighted by atomic mass is 32.2. The van der Waals surface area contributed by atoms with Crippen molar-refractivity contribution in [1.29, 1.82) is 0 Å². The summed E-state index contributed by atoms with van der Waals surface area (Å²) in [5.74, 6) is -4.20. The number of hydrogen-bond acceptors (Lipinski definition) is 5. The molecular weight excluding hydrogens is 276 g/mol. The Morgan fingerprint density at radius 3 is 2.21 bits per heavy atom. The number of sulfonamides is 1. The molecule has 0 aliphatic carbocycles. The maximum absolute atomic E-state index is 11.7. The highest BCUT2D eigenvalue weighted by molar-refractivity contribution is 7.90. The second-order valence-corrected chi connectivity index (χ2v) is 5.01. The van der Waals surface area contributed by atoms with Gasteiger partial charge in [0, 0.05) is 0 Å². The lowest BCUT2D eigenvalue weighted by molar-refractivity contribution is -0.150. The molecule has 1 aromatic rings. The van der Waals surface area contributed by atoms with Gasteiger partial charge >= 0.3 is 11.9 Å². The lowest BCUT2D eigenvalue weighted by Gasteiger charge is -2.06. The average Bonchev–Trinajstić information content (AvgIpc) is 2.36. The molecule has 0 saturated carbocycles. The topological polar surface area (TPSA) is 130 Å². The standard InChI is InChI=1S/C10H10N2O6S/c13-8(6-11-9(14)10(15)16)12-19(17,18)7-4-2-1-3-5-7/h1-5H,6H2,(H,11,14)(H,12,13)(H,15,16). The molecule has 1 rings (SSSR count). The normalized spacial score (nSPS) is 10.5. The van der Waals surface area contributed by atoms with E-state index in [1.54, 1.807) is 16.1 Å². The molecule has 0 spiro atoms. The van der Waals surface area contributed by atoms with Gasteiger partial charge in [-0.1, -0.05) is 18.2 Å². The van der Waals surface area contributed by atoms with Crippen molar-refractivity contribution >= 4 is 27.8 Å². The summed E-state index contributed by atoms with van der Waals surface area (Å²) in [4.78, 5) is 31.9. The summed E-state index contributed by atoms with van der Waals surface area (Å²) in [6.07, 6.45) is 0. The van der Waals surface area contributed by atoms with E-state index in [9.17, 15) is 22.8 Å². The van der Waals surface area contributed by atoms with Crippen molar-refractivity contribution in [3.63, 3.8) is 0 Å². The van der Waals surface area contributed by atoms with Gasteiger partial charge in [0.1, 0.15) is 0 Å². The van der Waals surface area contributed by atoms with Crippen LogP contribution in [0.25, 0.3) is 0 Å². The third kappa shape index (κ3) is 4.39. The predicted octanol–water partition coefficient (Wildman–Crippen LogP) is -1.31. The smallest absolute Gasteiger partial charge is 0.394 e. The highest BCUT2D eigenvalue weighted by Gasteiger charge is 2.18. The molecule has 1 aromatic carbocycles. The summed E-state index contributed by atoms with van der Waals surface area (Å²) < 4.78 is 25.0. The van der Waals surface area contributed by atoms with Crippen LogP contribution < -0.4 is 10.0 Å². The fraction of sp³-hybridized carbons (Fsp3) is 0.100. The third-order valence-corrected chi connectivity index (χ3v) is 3.29. The molecule has 0 saturated heterocycles. The van der Waals surface area contributed by atoms with E-state index in [-0.39, 0.29) is 4.90 Å². The zero-order valence-electron chi connectivity index (χ0n) is 9.49. The molecule has 0 aromatic heterocycles. The molecule has 0 unspecified atom stereocenters. The summed E-state index contributed by atoms with van der Waals surface area (Å²) in [6.45, 7) is -0.753. The first-order valence-corrected chi connectivity index (χ1v) is 6.43. The van der Waals surface area contributed by atoms with Crippen LogP contribution in [0.1, 0.15) is 0 Å². The number of carboxylic acids is 1. The Morgan fingerprint density at radius 2 is 1.68 bits per heavy atom. The van der Waals surface area contributed by atoms with Crippen molar-refractivity contribution in [3.05, 3.63) is 30.3 Å². The van der Waals surface area contributed by atoms with E-state index >= 15 is 0 Å². The maximum atomic E-state index is 11.7. The number of rotatable bonds is 4. The summed E-state index contributed by atoms with van der Waals surface area (Å²) in [7, 11) is -4.03. The van der Waals surface area contributed by atoms with Crippen LogP contribution in [0.2, 0.25) is 0 Å². The van der Waals surface area contributed by atoms with Crippen molar-refractivity contribution in [3.8, 4) is 0 Å². The Labute approximate surface area is 108 Å². The van der Waals surface area contributed by atoms with Gasteiger partial charge in [-0.05, 0) is 12.1 Å². The summed E-state index contributed by atoms with van der Waals surface area (Å²) in [6, 6.07) is 7.13. The maximum Gasteiger partial charge on any atom is 0.394 e. The Kier molecular flexibility index (Phi) is 4.59. The number of hydrogen-bond donors (Lipinski definition) is 3. The fourth-order valence-corrected chi connectivity index (χ4v) is 2.09. The number of amides is 2. The fourth-order valence-electron chi connectivity index (χ4n) is 1.08. The number of carboxylic acid groups (broad SMARTS) is 1. The Bertz CT molecular complexity index is 596. The monoisotopic (exact) mass is 286 g/mol. The van der Waals surface area contributed by atoms with E-state index < -0.39 is 34.4 Å². The SMILES string of the molecule is O=C(CNC(=O)C(=O)O)NS(=O)(=O)c1ccccc1. The van der Waals surface area contributed by atoms with Crippen LogP contribution in [0, 0.1) is 0 Å². The largest absolute Gasteiger partial charge is 0.474 e. The lowest BCUT2D eigenvalue weighted by Crippen LogP contribution is -2.41. The number of aliphatic carboxylic acids is 1. The van der Waals surface area contributed by atoms with E-state index in [1.807, 2.05) is 0 Å². The highest BCUT2D eigenvalue weighted by Crippen LogP contribution is 2.06. The predicted molar refractivity (Wildman–Crippen MR) is 62.4 cm³/mol. The van der Waals surface area contributed by atoms with E-state index in [1.165, 1.54) is 24.3 Å². The molecular formula is C10H10N2O6S. The van der Waals surface area contributed by atoms with Crippen LogP contribution >= 0.6 is 0 Å². The molecule has 102 valence electrons. The van der Waals surface area contributed by atoms with Gasteiger partial charge in [-0.3, -0.25) is 9.59 Å². The van der Waals surface area contributed by atoms with Crippen molar-refractivity contribution in [1.82, 2.24) is 10.0 Å². The minimum atomic E-state index is -4.03. The lowest BCUT2D eigenvalue weighted by atomic mass is 10.4. The molecule has 19 heavy (non-hydrogen) atoms.